The van der Waals surface area contributed by atoms with Crippen LogP contribution in [0.5, 0.6) is 0 Å². The van der Waals surface area contributed by atoms with Crippen LogP contribution in [0.15, 0.2) is 24.3 Å². The Kier molecular flexibility index (Phi) is 3.48. The van der Waals surface area contributed by atoms with Gasteiger partial charge in [0.2, 0.25) is 0 Å². The molecule has 0 atom stereocenters. The molecule has 0 radical (unpaired) electrons. The van der Waals surface area contributed by atoms with Crippen molar-refractivity contribution < 1.29 is 9.90 Å². The van der Waals surface area contributed by atoms with Gasteiger partial charge in [-0.25, -0.2) is 0 Å². The van der Waals surface area contributed by atoms with Crippen molar-refractivity contribution in [2.75, 3.05) is 18.5 Å². The zero-order valence-electron chi connectivity index (χ0n) is 10.2. The first kappa shape index (κ1) is 12.1. The van der Waals surface area contributed by atoms with Crippen LogP contribution in [0.2, 0.25) is 0 Å². The van der Waals surface area contributed by atoms with Gasteiger partial charge in [-0.2, -0.15) is 0 Å². The Morgan fingerprint density at radius 3 is 2.76 bits per heavy atom. The molecule has 0 aromatic heterocycles. The number of hydrogen-bond donors (Lipinski definition) is 2. The Hall–Kier alpha value is -1.35. The number of ketones is 1. The fraction of sp³-hybridized carbons (Fsp3) is 0.500. The minimum Gasteiger partial charge on any atom is -0.396 e. The molecule has 1 fully saturated rings. The molecule has 17 heavy (non-hydrogen) atoms. The van der Waals surface area contributed by atoms with Gasteiger partial charge >= 0.3 is 0 Å². The van der Waals surface area contributed by atoms with Crippen LogP contribution in [0.4, 0.5) is 5.69 Å². The molecule has 0 aliphatic heterocycles. The summed E-state index contributed by atoms with van der Waals surface area (Å²) < 4.78 is 0. The molecule has 3 nitrogen and oxygen atoms in total. The van der Waals surface area contributed by atoms with Crippen LogP contribution >= 0.6 is 0 Å². The molecule has 1 aromatic carbocycles. The molecule has 0 saturated heterocycles. The second-order valence-electron chi connectivity index (χ2n) is 5.00. The van der Waals surface area contributed by atoms with E-state index in [0.29, 0.717) is 0 Å². The van der Waals surface area contributed by atoms with Gasteiger partial charge < -0.3 is 10.4 Å². The van der Waals surface area contributed by atoms with E-state index in [2.05, 4.69) is 5.32 Å². The number of carbonyl (C=O) groups excluding carboxylic acids is 1. The highest BCUT2D eigenvalue weighted by Gasteiger charge is 2.35. The third kappa shape index (κ3) is 2.67. The average Bonchev–Trinajstić information content (AvgIpc) is 2.28. The summed E-state index contributed by atoms with van der Waals surface area (Å²) in [5.41, 5.74) is 1.74. The van der Waals surface area contributed by atoms with Gasteiger partial charge in [-0.1, -0.05) is 18.6 Å². The maximum absolute atomic E-state index is 11.3. The van der Waals surface area contributed by atoms with Crippen LogP contribution in [-0.2, 0) is 0 Å². The zero-order valence-corrected chi connectivity index (χ0v) is 10.2. The van der Waals surface area contributed by atoms with Gasteiger partial charge in [0.1, 0.15) is 0 Å². The number of hydrogen-bond acceptors (Lipinski definition) is 3. The predicted octanol–water partition coefficient (Wildman–Crippen LogP) is 2.46. The third-order valence-electron chi connectivity index (χ3n) is 3.69. The van der Waals surface area contributed by atoms with Gasteiger partial charge in [0.15, 0.2) is 5.78 Å². The Balaban J connectivity index is 1.99. The van der Waals surface area contributed by atoms with E-state index in [1.54, 1.807) is 6.92 Å². The fourth-order valence-corrected chi connectivity index (χ4v) is 2.21. The zero-order chi connectivity index (χ0) is 12.3. The summed E-state index contributed by atoms with van der Waals surface area (Å²) >= 11 is 0. The molecule has 1 saturated carbocycles. The summed E-state index contributed by atoms with van der Waals surface area (Å²) in [6.45, 7) is 2.59. The summed E-state index contributed by atoms with van der Waals surface area (Å²) in [7, 11) is 0. The second-order valence-corrected chi connectivity index (χ2v) is 5.00. The highest BCUT2D eigenvalue weighted by atomic mass is 16.3. The molecule has 0 spiro atoms. The third-order valence-corrected chi connectivity index (χ3v) is 3.69. The Bertz CT molecular complexity index is 405. The topological polar surface area (TPSA) is 49.3 Å². The largest absolute Gasteiger partial charge is 0.396 e. The van der Waals surface area contributed by atoms with E-state index < -0.39 is 0 Å². The smallest absolute Gasteiger partial charge is 0.159 e. The van der Waals surface area contributed by atoms with Crippen LogP contribution in [0, 0.1) is 5.41 Å². The maximum Gasteiger partial charge on any atom is 0.159 e. The summed E-state index contributed by atoms with van der Waals surface area (Å²) in [6.07, 6.45) is 3.38. The van der Waals surface area contributed by atoms with Crippen molar-refractivity contribution >= 4 is 11.5 Å². The lowest BCUT2D eigenvalue weighted by molar-refractivity contribution is 0.0576. The van der Waals surface area contributed by atoms with Gasteiger partial charge in [-0.15, -0.1) is 0 Å². The number of nitrogens with one attached hydrogen (secondary N) is 1. The quantitative estimate of drug-likeness (QED) is 0.768. The lowest BCUT2D eigenvalue weighted by Gasteiger charge is -2.40. The molecule has 0 heterocycles. The Labute approximate surface area is 102 Å². The van der Waals surface area contributed by atoms with E-state index in [-0.39, 0.29) is 17.8 Å². The van der Waals surface area contributed by atoms with E-state index in [1.807, 2.05) is 24.3 Å². The van der Waals surface area contributed by atoms with E-state index in [0.717, 1.165) is 30.6 Å². The molecule has 1 aromatic rings. The highest BCUT2D eigenvalue weighted by molar-refractivity contribution is 5.94. The molecule has 0 amide bonds. The molecule has 92 valence electrons. The molecule has 3 heteroatoms. The normalized spacial score (nSPS) is 17.3. The van der Waals surface area contributed by atoms with Gasteiger partial charge in [0.05, 0.1) is 6.61 Å². The van der Waals surface area contributed by atoms with Crippen molar-refractivity contribution in [3.05, 3.63) is 29.8 Å². The molecule has 0 bridgehead atoms. The lowest BCUT2D eigenvalue weighted by Crippen LogP contribution is -2.39. The predicted molar refractivity (Wildman–Crippen MR) is 68.3 cm³/mol. The molecular formula is C14H19NO2. The van der Waals surface area contributed by atoms with Gasteiger partial charge in [0.25, 0.3) is 0 Å². The number of rotatable bonds is 5. The Morgan fingerprint density at radius 2 is 2.24 bits per heavy atom. The number of carbonyl (C=O) groups is 1. The molecule has 1 aliphatic carbocycles. The average molecular weight is 233 g/mol. The molecular weight excluding hydrogens is 214 g/mol. The molecule has 0 unspecified atom stereocenters. The number of Topliss-reactive ketones (excluding diaryl/α,β-unsaturated/α-hetero) is 1. The van der Waals surface area contributed by atoms with Gasteiger partial charge in [-0.05, 0) is 31.9 Å². The minimum absolute atomic E-state index is 0.0617. The fourth-order valence-electron chi connectivity index (χ4n) is 2.21. The monoisotopic (exact) mass is 233 g/mol. The minimum atomic E-state index is 0.0617. The van der Waals surface area contributed by atoms with Crippen molar-refractivity contribution in [3.63, 3.8) is 0 Å². The summed E-state index contributed by atoms with van der Waals surface area (Å²) in [4.78, 5) is 11.3. The van der Waals surface area contributed by atoms with Gasteiger partial charge in [0, 0.05) is 23.2 Å². The van der Waals surface area contributed by atoms with Gasteiger partial charge in [-0.3, -0.25) is 4.79 Å². The first-order valence-corrected chi connectivity index (χ1v) is 6.11. The van der Waals surface area contributed by atoms with E-state index in [9.17, 15) is 9.90 Å². The second kappa shape index (κ2) is 4.88. The van der Waals surface area contributed by atoms with Crippen molar-refractivity contribution in [2.24, 2.45) is 5.41 Å². The van der Waals surface area contributed by atoms with E-state index in [1.165, 1.54) is 6.42 Å². The van der Waals surface area contributed by atoms with Crippen LogP contribution in [0.3, 0.4) is 0 Å². The Morgan fingerprint density at radius 1 is 1.47 bits per heavy atom. The van der Waals surface area contributed by atoms with E-state index in [4.69, 9.17) is 0 Å². The van der Waals surface area contributed by atoms with Crippen LogP contribution in [0.25, 0.3) is 0 Å². The van der Waals surface area contributed by atoms with Crippen LogP contribution in [0.1, 0.15) is 36.5 Å². The summed E-state index contributed by atoms with van der Waals surface area (Å²) in [5, 5.41) is 12.7. The highest BCUT2D eigenvalue weighted by Crippen LogP contribution is 2.40. The number of anilines is 1. The molecule has 1 aliphatic rings. The van der Waals surface area contributed by atoms with Crippen LogP contribution < -0.4 is 5.32 Å². The standard InChI is InChI=1S/C14H19NO2/c1-11(17)12-4-2-5-13(8-12)15-9-14(10-16)6-3-7-14/h2,4-5,8,15-16H,3,6-7,9-10H2,1H3. The lowest BCUT2D eigenvalue weighted by atomic mass is 9.69. The summed E-state index contributed by atoms with van der Waals surface area (Å²) in [6, 6.07) is 7.52. The maximum atomic E-state index is 11.3. The van der Waals surface area contributed by atoms with Crippen molar-refractivity contribution in [3.8, 4) is 0 Å². The van der Waals surface area contributed by atoms with E-state index >= 15 is 0 Å². The van der Waals surface area contributed by atoms with Crippen molar-refractivity contribution in [1.29, 1.82) is 0 Å². The number of benzene rings is 1. The number of aliphatic hydroxyl groups is 1. The van der Waals surface area contributed by atoms with Crippen molar-refractivity contribution in [2.45, 2.75) is 26.2 Å². The SMILES string of the molecule is CC(=O)c1cccc(NCC2(CO)CCC2)c1. The number of aliphatic hydroxyl groups excluding tert-OH is 1. The molecule has 2 N–H and O–H groups in total. The molecule has 2 rings (SSSR count). The summed E-state index contributed by atoms with van der Waals surface area (Å²) in [5.74, 6) is 0.0779. The van der Waals surface area contributed by atoms with Crippen molar-refractivity contribution in [1.82, 2.24) is 0 Å². The first-order chi connectivity index (χ1) is 8.15. The van der Waals surface area contributed by atoms with Crippen LogP contribution in [-0.4, -0.2) is 24.0 Å². The first-order valence-electron chi connectivity index (χ1n) is 6.11.